The third-order valence-corrected chi connectivity index (χ3v) is 4.73. The molecule has 0 aromatic heterocycles. The molecular weight excluding hydrogens is 248 g/mol. The maximum atomic E-state index is 12.4. The van der Waals surface area contributed by atoms with Crippen molar-refractivity contribution in [2.45, 2.75) is 32.2 Å². The SMILES string of the molecule is Cc1ccccc1C(=O)CN1CCN2CCCCC2C1. The van der Waals surface area contributed by atoms with E-state index in [1.807, 2.05) is 31.2 Å². The molecule has 2 fully saturated rings. The smallest absolute Gasteiger partial charge is 0.177 e. The van der Waals surface area contributed by atoms with E-state index < -0.39 is 0 Å². The highest BCUT2D eigenvalue weighted by molar-refractivity contribution is 5.98. The second-order valence-corrected chi connectivity index (χ2v) is 6.16. The van der Waals surface area contributed by atoms with E-state index in [0.717, 1.165) is 30.8 Å². The summed E-state index contributed by atoms with van der Waals surface area (Å²) in [6.07, 6.45) is 3.99. The largest absolute Gasteiger partial charge is 0.298 e. The Morgan fingerprint density at radius 1 is 1.20 bits per heavy atom. The van der Waals surface area contributed by atoms with Crippen molar-refractivity contribution in [3.8, 4) is 0 Å². The van der Waals surface area contributed by atoms with Crippen molar-refractivity contribution in [1.29, 1.82) is 0 Å². The fourth-order valence-electron chi connectivity index (χ4n) is 3.54. The Morgan fingerprint density at radius 2 is 2.05 bits per heavy atom. The van der Waals surface area contributed by atoms with Gasteiger partial charge < -0.3 is 0 Å². The summed E-state index contributed by atoms with van der Waals surface area (Å²) in [5, 5.41) is 0. The number of fused-ring (bicyclic) bond motifs is 1. The monoisotopic (exact) mass is 272 g/mol. The van der Waals surface area contributed by atoms with Gasteiger partial charge >= 0.3 is 0 Å². The van der Waals surface area contributed by atoms with Crippen LogP contribution in [0.4, 0.5) is 0 Å². The fraction of sp³-hybridized carbons (Fsp3) is 0.588. The molecule has 0 saturated carbocycles. The molecule has 20 heavy (non-hydrogen) atoms. The van der Waals surface area contributed by atoms with Gasteiger partial charge in [0.05, 0.1) is 6.54 Å². The Morgan fingerprint density at radius 3 is 2.90 bits per heavy atom. The molecule has 1 aromatic rings. The summed E-state index contributed by atoms with van der Waals surface area (Å²) in [6.45, 7) is 7.09. The molecule has 2 aliphatic rings. The first-order valence-electron chi connectivity index (χ1n) is 7.79. The fourth-order valence-corrected chi connectivity index (χ4v) is 3.54. The zero-order valence-electron chi connectivity index (χ0n) is 12.3. The minimum absolute atomic E-state index is 0.271. The van der Waals surface area contributed by atoms with Crippen LogP contribution in [0.15, 0.2) is 24.3 Å². The predicted molar refractivity (Wildman–Crippen MR) is 81.2 cm³/mol. The van der Waals surface area contributed by atoms with Gasteiger partial charge in [-0.2, -0.15) is 0 Å². The van der Waals surface area contributed by atoms with Gasteiger partial charge in [0.2, 0.25) is 0 Å². The number of ketones is 1. The van der Waals surface area contributed by atoms with Gasteiger partial charge in [0.15, 0.2) is 5.78 Å². The lowest BCUT2D eigenvalue weighted by molar-refractivity contribution is 0.0469. The lowest BCUT2D eigenvalue weighted by Crippen LogP contribution is -2.55. The molecule has 0 radical (unpaired) electrons. The normalized spacial score (nSPS) is 24.4. The molecule has 2 aliphatic heterocycles. The second kappa shape index (κ2) is 6.06. The first kappa shape index (κ1) is 13.8. The number of nitrogens with zero attached hydrogens (tertiary/aromatic N) is 2. The first-order valence-corrected chi connectivity index (χ1v) is 7.79. The summed E-state index contributed by atoms with van der Waals surface area (Å²) in [4.78, 5) is 17.4. The van der Waals surface area contributed by atoms with Crippen LogP contribution in [0.25, 0.3) is 0 Å². The van der Waals surface area contributed by atoms with Gasteiger partial charge in [0.25, 0.3) is 0 Å². The summed E-state index contributed by atoms with van der Waals surface area (Å²) < 4.78 is 0. The number of benzene rings is 1. The molecule has 2 saturated heterocycles. The zero-order valence-corrected chi connectivity index (χ0v) is 12.3. The number of hydrogen-bond donors (Lipinski definition) is 0. The number of piperidine rings is 1. The van der Waals surface area contributed by atoms with Gasteiger partial charge in [-0.05, 0) is 31.9 Å². The number of piperazine rings is 1. The Labute approximate surface area is 121 Å². The van der Waals surface area contributed by atoms with Crippen LogP contribution in [0.1, 0.15) is 35.2 Å². The van der Waals surface area contributed by atoms with E-state index in [1.54, 1.807) is 0 Å². The summed E-state index contributed by atoms with van der Waals surface area (Å²) in [6, 6.07) is 8.61. The first-order chi connectivity index (χ1) is 9.74. The average Bonchev–Trinajstić information content (AvgIpc) is 2.47. The van der Waals surface area contributed by atoms with Crippen LogP contribution in [0.3, 0.4) is 0 Å². The highest BCUT2D eigenvalue weighted by atomic mass is 16.1. The topological polar surface area (TPSA) is 23.6 Å². The van der Waals surface area contributed by atoms with Gasteiger partial charge in [-0.15, -0.1) is 0 Å². The van der Waals surface area contributed by atoms with Gasteiger partial charge in [-0.25, -0.2) is 0 Å². The number of aryl methyl sites for hydroxylation is 1. The highest BCUT2D eigenvalue weighted by Crippen LogP contribution is 2.21. The van der Waals surface area contributed by atoms with Crippen molar-refractivity contribution in [3.63, 3.8) is 0 Å². The maximum absolute atomic E-state index is 12.4. The minimum Gasteiger partial charge on any atom is -0.298 e. The van der Waals surface area contributed by atoms with E-state index in [2.05, 4.69) is 9.80 Å². The van der Waals surface area contributed by atoms with Gasteiger partial charge in [0.1, 0.15) is 0 Å². The van der Waals surface area contributed by atoms with Crippen molar-refractivity contribution in [3.05, 3.63) is 35.4 Å². The number of carbonyl (C=O) groups is 1. The molecule has 0 bridgehead atoms. The molecule has 1 aromatic carbocycles. The third kappa shape index (κ3) is 2.94. The Balaban J connectivity index is 1.61. The van der Waals surface area contributed by atoms with Crippen molar-refractivity contribution >= 4 is 5.78 Å². The van der Waals surface area contributed by atoms with E-state index in [-0.39, 0.29) is 5.78 Å². The molecule has 1 atom stereocenters. The summed E-state index contributed by atoms with van der Waals surface area (Å²) >= 11 is 0. The average molecular weight is 272 g/mol. The Hall–Kier alpha value is -1.19. The van der Waals surface area contributed by atoms with Crippen LogP contribution in [-0.4, -0.2) is 54.3 Å². The van der Waals surface area contributed by atoms with Gasteiger partial charge in [0, 0.05) is 31.2 Å². The summed E-state index contributed by atoms with van der Waals surface area (Å²) in [5.74, 6) is 0.271. The lowest BCUT2D eigenvalue weighted by Gasteiger charge is -2.43. The van der Waals surface area contributed by atoms with E-state index in [9.17, 15) is 4.79 Å². The minimum atomic E-state index is 0.271. The Kier molecular flexibility index (Phi) is 4.18. The quantitative estimate of drug-likeness (QED) is 0.789. The molecule has 3 heteroatoms. The standard InChI is InChI=1S/C17H24N2O/c1-14-6-2-3-8-16(14)17(20)13-18-10-11-19-9-5-4-7-15(19)12-18/h2-3,6,8,15H,4-5,7,9-13H2,1H3. The maximum Gasteiger partial charge on any atom is 0.177 e. The summed E-state index contributed by atoms with van der Waals surface area (Å²) in [7, 11) is 0. The molecule has 0 aliphatic carbocycles. The number of hydrogen-bond acceptors (Lipinski definition) is 3. The highest BCUT2D eigenvalue weighted by Gasteiger charge is 2.29. The van der Waals surface area contributed by atoms with Crippen molar-refractivity contribution in [2.75, 3.05) is 32.7 Å². The molecule has 3 rings (SSSR count). The molecule has 2 heterocycles. The van der Waals surface area contributed by atoms with Gasteiger partial charge in [-0.1, -0.05) is 30.7 Å². The third-order valence-electron chi connectivity index (χ3n) is 4.73. The molecule has 3 nitrogen and oxygen atoms in total. The zero-order chi connectivity index (χ0) is 13.9. The van der Waals surface area contributed by atoms with Gasteiger partial charge in [-0.3, -0.25) is 14.6 Å². The van der Waals surface area contributed by atoms with Crippen LogP contribution < -0.4 is 0 Å². The van der Waals surface area contributed by atoms with Crippen LogP contribution in [0, 0.1) is 6.92 Å². The number of Topliss-reactive ketones (excluding diaryl/α,β-unsaturated/α-hetero) is 1. The van der Waals surface area contributed by atoms with Crippen molar-refractivity contribution in [1.82, 2.24) is 9.80 Å². The molecule has 108 valence electrons. The van der Waals surface area contributed by atoms with Crippen LogP contribution in [0.5, 0.6) is 0 Å². The molecular formula is C17H24N2O. The van der Waals surface area contributed by atoms with Crippen LogP contribution in [0.2, 0.25) is 0 Å². The molecule has 0 amide bonds. The molecule has 1 unspecified atom stereocenters. The van der Waals surface area contributed by atoms with E-state index in [1.165, 1.54) is 25.8 Å². The predicted octanol–water partition coefficient (Wildman–Crippen LogP) is 2.35. The lowest BCUT2D eigenvalue weighted by atomic mass is 9.98. The Bertz CT molecular complexity index is 486. The van der Waals surface area contributed by atoms with E-state index in [4.69, 9.17) is 0 Å². The van der Waals surface area contributed by atoms with E-state index >= 15 is 0 Å². The van der Waals surface area contributed by atoms with Crippen molar-refractivity contribution in [2.24, 2.45) is 0 Å². The van der Waals surface area contributed by atoms with Crippen LogP contribution in [-0.2, 0) is 0 Å². The van der Waals surface area contributed by atoms with E-state index in [0.29, 0.717) is 12.6 Å². The van der Waals surface area contributed by atoms with Crippen LogP contribution >= 0.6 is 0 Å². The number of carbonyl (C=O) groups excluding carboxylic acids is 1. The second-order valence-electron chi connectivity index (χ2n) is 6.16. The molecule has 0 spiro atoms. The number of rotatable bonds is 3. The van der Waals surface area contributed by atoms with Crippen molar-refractivity contribution < 1.29 is 4.79 Å². The molecule has 0 N–H and O–H groups in total. The summed E-state index contributed by atoms with van der Waals surface area (Å²) in [5.41, 5.74) is 1.98.